The zero-order valence-corrected chi connectivity index (χ0v) is 19.3. The Morgan fingerprint density at radius 1 is 1.00 bits per heavy atom. The van der Waals surface area contributed by atoms with Crippen molar-refractivity contribution < 1.29 is 27.9 Å². The summed E-state index contributed by atoms with van der Waals surface area (Å²) in [5, 5.41) is 22.1. The van der Waals surface area contributed by atoms with Gasteiger partial charge in [0.15, 0.2) is 10.8 Å². The van der Waals surface area contributed by atoms with E-state index in [0.717, 1.165) is 11.6 Å². The van der Waals surface area contributed by atoms with Crippen LogP contribution in [-0.2, 0) is 21.2 Å². The molecule has 2 aromatic carbocycles. The number of aliphatic carboxylic acids is 1. The number of rotatable bonds is 8. The number of nitrogens with one attached hydrogen (secondary N) is 2. The molecule has 0 radical (unpaired) electrons. The minimum Gasteiger partial charge on any atom is -0.543 e. The van der Waals surface area contributed by atoms with E-state index in [-0.39, 0.29) is 21.9 Å². The van der Waals surface area contributed by atoms with E-state index in [0.29, 0.717) is 5.69 Å². The number of urea groups is 1. The highest BCUT2D eigenvalue weighted by Gasteiger charge is 2.20. The summed E-state index contributed by atoms with van der Waals surface area (Å²) >= 11 is 0. The second-order valence-electron chi connectivity index (χ2n) is 7.05. The zero-order valence-electron chi connectivity index (χ0n) is 18.5. The summed E-state index contributed by atoms with van der Waals surface area (Å²) < 4.78 is 26.0. The van der Waals surface area contributed by atoms with E-state index in [4.69, 9.17) is 0 Å². The lowest BCUT2D eigenvalue weighted by Crippen LogP contribution is -2.28. The molecular weight excluding hydrogens is 488 g/mol. The van der Waals surface area contributed by atoms with Crippen LogP contribution in [-0.4, -0.2) is 31.3 Å². The maximum Gasteiger partial charge on any atom is 0.360 e. The van der Waals surface area contributed by atoms with E-state index in [9.17, 15) is 27.9 Å². The van der Waals surface area contributed by atoms with Gasteiger partial charge in [0, 0.05) is 24.6 Å². The number of carboxylic acids is 1. The molecule has 2 N–H and O–H groups in total. The minimum absolute atomic E-state index is 0.0738. The Kier molecular flexibility index (Phi) is 8.13. The Bertz CT molecular complexity index is 1480. The molecule has 0 bridgehead atoms. The number of benzene rings is 2. The molecule has 0 aliphatic heterocycles. The average molecular weight is 507 g/mol. The number of nitrogens with zero attached hydrogens (tertiary/aromatic N) is 4. The molecule has 0 aliphatic rings. The summed E-state index contributed by atoms with van der Waals surface area (Å²) in [6.07, 6.45) is 3.24. The van der Waals surface area contributed by atoms with Crippen molar-refractivity contribution in [2.45, 2.75) is 16.3 Å². The molecule has 0 fully saturated rings. The third-order valence-corrected chi connectivity index (χ3v) is 6.29. The minimum atomic E-state index is -4.01. The molecule has 182 valence electrons. The molecule has 0 saturated heterocycles. The maximum atomic E-state index is 13.0. The first-order valence-electron chi connectivity index (χ1n) is 10.1. The number of carboxylic acid groups (broad SMARTS) is 1. The quantitative estimate of drug-likeness (QED) is 0.264. The molecular formula is C23H18N6O6S. The first-order valence-corrected chi connectivity index (χ1v) is 11.6. The van der Waals surface area contributed by atoms with Crippen LogP contribution in [0.4, 0.5) is 10.5 Å². The van der Waals surface area contributed by atoms with Crippen molar-refractivity contribution in [1.82, 2.24) is 15.2 Å². The lowest BCUT2D eigenvalue weighted by Gasteiger charge is -2.09. The van der Waals surface area contributed by atoms with Gasteiger partial charge in [0.1, 0.15) is 0 Å². The second kappa shape index (κ2) is 11.4. The van der Waals surface area contributed by atoms with Gasteiger partial charge in [-0.15, -0.1) is 0 Å². The Morgan fingerprint density at radius 3 is 2.42 bits per heavy atom. The van der Waals surface area contributed by atoms with Crippen molar-refractivity contribution in [3.63, 3.8) is 0 Å². The van der Waals surface area contributed by atoms with Crippen molar-refractivity contribution in [3.8, 4) is 0 Å². The SMILES string of the molecule is C=C(N=[N+]=NC(=O)c1cccc(S(=O)(=O)c2ccc(NC(=O)NCc3cccnc3)cc2)c1)C(=O)[O-]. The van der Waals surface area contributed by atoms with E-state index in [1.807, 2.05) is 6.07 Å². The maximum absolute atomic E-state index is 13.0. The van der Waals surface area contributed by atoms with Gasteiger partial charge >= 0.3 is 11.9 Å². The molecule has 0 aliphatic carbocycles. The largest absolute Gasteiger partial charge is 0.543 e. The predicted octanol–water partition coefficient (Wildman–Crippen LogP) is 1.61. The molecule has 13 heteroatoms. The number of carbonyl (C=O) groups is 3. The fraction of sp³-hybridized carbons (Fsp3) is 0.0435. The molecule has 0 atom stereocenters. The fourth-order valence-corrected chi connectivity index (χ4v) is 4.03. The van der Waals surface area contributed by atoms with Crippen LogP contribution < -0.4 is 20.7 Å². The first kappa shape index (κ1) is 25.6. The molecule has 3 amide bonds. The van der Waals surface area contributed by atoms with Gasteiger partial charge in [-0.3, -0.25) is 9.78 Å². The van der Waals surface area contributed by atoms with Crippen molar-refractivity contribution in [1.29, 1.82) is 0 Å². The summed E-state index contributed by atoms with van der Waals surface area (Å²) in [5.74, 6) is -2.63. The summed E-state index contributed by atoms with van der Waals surface area (Å²) in [6, 6.07) is 13.6. The molecule has 0 saturated carbocycles. The van der Waals surface area contributed by atoms with E-state index in [1.54, 1.807) is 18.5 Å². The summed E-state index contributed by atoms with van der Waals surface area (Å²) in [5.41, 5.74) is 0.335. The number of hydrogen-bond acceptors (Lipinski definition) is 8. The van der Waals surface area contributed by atoms with Crippen LogP contribution in [0.2, 0.25) is 0 Å². The number of carbonyl (C=O) groups excluding carboxylic acids is 3. The van der Waals surface area contributed by atoms with Crippen molar-refractivity contribution >= 4 is 33.4 Å². The number of anilines is 1. The van der Waals surface area contributed by atoms with Crippen molar-refractivity contribution in [3.05, 3.63) is 96.5 Å². The number of sulfone groups is 1. The number of amides is 3. The van der Waals surface area contributed by atoms with Gasteiger partial charge in [0.25, 0.3) is 0 Å². The lowest BCUT2D eigenvalue weighted by atomic mass is 10.2. The van der Waals surface area contributed by atoms with Crippen molar-refractivity contribution in [2.75, 3.05) is 5.32 Å². The van der Waals surface area contributed by atoms with Gasteiger partial charge < -0.3 is 20.5 Å². The normalized spacial score (nSPS) is 10.4. The number of aromatic nitrogens is 1. The van der Waals surface area contributed by atoms with E-state index in [2.05, 4.69) is 37.3 Å². The van der Waals surface area contributed by atoms with E-state index < -0.39 is 33.4 Å². The van der Waals surface area contributed by atoms with Crippen LogP contribution in [0.5, 0.6) is 0 Å². The lowest BCUT2D eigenvalue weighted by molar-refractivity contribution is -0.299. The summed E-state index contributed by atoms with van der Waals surface area (Å²) in [4.78, 5) is 41.5. The summed E-state index contributed by atoms with van der Waals surface area (Å²) in [6.45, 7) is 3.31. The highest BCUT2D eigenvalue weighted by molar-refractivity contribution is 7.91. The van der Waals surface area contributed by atoms with Crippen LogP contribution in [0, 0.1) is 0 Å². The van der Waals surface area contributed by atoms with Crippen LogP contribution in [0.3, 0.4) is 0 Å². The monoisotopic (exact) mass is 506 g/mol. The Labute approximate surface area is 205 Å². The number of pyridine rings is 1. The molecule has 3 aromatic rings. The van der Waals surface area contributed by atoms with Gasteiger partial charge in [0.2, 0.25) is 19.9 Å². The third-order valence-electron chi connectivity index (χ3n) is 4.53. The highest BCUT2D eigenvalue weighted by Crippen LogP contribution is 2.23. The van der Waals surface area contributed by atoms with E-state index >= 15 is 0 Å². The van der Waals surface area contributed by atoms with Gasteiger partial charge in [-0.1, -0.05) is 18.7 Å². The Hall–Kier alpha value is -5.00. The fourth-order valence-electron chi connectivity index (χ4n) is 2.73. The molecule has 12 nitrogen and oxygen atoms in total. The standard InChI is InChI=1S/C23H18N6O6S/c1-15(22(31)32)27-29-28-21(30)17-5-2-6-20(12-17)36(34,35)19-9-7-18(8-10-19)26-23(33)25-14-16-4-3-11-24-13-16/h2-13H,1,14H2,(H2-,25,26,31,32,33). The van der Waals surface area contributed by atoms with Gasteiger partial charge in [0.05, 0.1) is 21.3 Å². The Balaban J connectivity index is 1.69. The average Bonchev–Trinajstić information content (AvgIpc) is 2.88. The number of hydrogen-bond donors (Lipinski definition) is 2. The van der Waals surface area contributed by atoms with E-state index in [1.165, 1.54) is 42.5 Å². The topological polar surface area (TPSA) is 184 Å². The van der Waals surface area contributed by atoms with Crippen LogP contribution in [0.15, 0.2) is 105 Å². The summed E-state index contributed by atoms with van der Waals surface area (Å²) in [7, 11) is -4.01. The van der Waals surface area contributed by atoms with Crippen LogP contribution in [0.1, 0.15) is 15.9 Å². The molecule has 36 heavy (non-hydrogen) atoms. The third kappa shape index (κ3) is 6.76. The second-order valence-corrected chi connectivity index (χ2v) is 9.00. The molecule has 1 aromatic heterocycles. The predicted molar refractivity (Wildman–Crippen MR) is 124 cm³/mol. The molecule has 0 unspecified atom stereocenters. The molecule has 1 heterocycles. The Morgan fingerprint density at radius 2 is 1.75 bits per heavy atom. The van der Waals surface area contributed by atoms with Gasteiger partial charge in [-0.05, 0) is 54.1 Å². The van der Waals surface area contributed by atoms with Crippen molar-refractivity contribution in [2.24, 2.45) is 10.2 Å². The molecule has 3 rings (SSSR count). The van der Waals surface area contributed by atoms with Crippen LogP contribution in [0.25, 0.3) is 0 Å². The van der Waals surface area contributed by atoms with Gasteiger partial charge in [-0.25, -0.2) is 13.2 Å². The smallest absolute Gasteiger partial charge is 0.360 e. The van der Waals surface area contributed by atoms with Gasteiger partial charge in [-0.2, -0.15) is 0 Å². The molecule has 0 spiro atoms. The highest BCUT2D eigenvalue weighted by atomic mass is 32.2. The van der Waals surface area contributed by atoms with Crippen LogP contribution >= 0.6 is 0 Å². The zero-order chi connectivity index (χ0) is 26.1. The first-order chi connectivity index (χ1) is 17.2.